The van der Waals surface area contributed by atoms with E-state index in [2.05, 4.69) is 0 Å². The summed E-state index contributed by atoms with van der Waals surface area (Å²) in [5.74, 6) is -0.481. The van der Waals surface area contributed by atoms with Gasteiger partial charge < -0.3 is 15.6 Å². The largest absolute Gasteiger partial charge is 0.456 e. The van der Waals surface area contributed by atoms with Gasteiger partial charge in [0, 0.05) is 10.3 Å². The van der Waals surface area contributed by atoms with E-state index in [0.29, 0.717) is 10.6 Å². The molecule has 0 saturated heterocycles. The van der Waals surface area contributed by atoms with Crippen molar-refractivity contribution >= 4 is 23.0 Å². The van der Waals surface area contributed by atoms with Crippen molar-refractivity contribution in [1.29, 1.82) is 0 Å². The van der Waals surface area contributed by atoms with Gasteiger partial charge >= 0.3 is 5.97 Å². The molecule has 98 valence electrons. The van der Waals surface area contributed by atoms with Crippen LogP contribution in [-0.2, 0) is 11.3 Å². The van der Waals surface area contributed by atoms with E-state index in [-0.39, 0.29) is 12.2 Å². The lowest BCUT2D eigenvalue weighted by atomic mass is 10.1. The van der Waals surface area contributed by atoms with Gasteiger partial charge in [-0.25, -0.2) is 4.79 Å². The van der Waals surface area contributed by atoms with Crippen LogP contribution < -0.4 is 5.73 Å². The molecule has 1 aromatic heterocycles. The Morgan fingerprint density at radius 2 is 2.00 bits per heavy atom. The fraction of sp³-hybridized carbons (Fsp3) is 0.583. The van der Waals surface area contributed by atoms with Crippen molar-refractivity contribution in [3.8, 4) is 0 Å². The molecule has 0 radical (unpaired) electrons. The molecule has 0 bridgehead atoms. The summed E-state index contributed by atoms with van der Waals surface area (Å²) < 4.78 is 5.18. The molecule has 0 atom stereocenters. The number of hydrogen-bond acceptors (Lipinski definition) is 5. The van der Waals surface area contributed by atoms with Gasteiger partial charge in [-0.15, -0.1) is 11.3 Å². The highest BCUT2D eigenvalue weighted by Crippen LogP contribution is 2.27. The molecule has 4 nitrogen and oxygen atoms in total. The predicted octanol–water partition coefficient (Wildman–Crippen LogP) is 2.80. The Kier molecular flexibility index (Phi) is 6.20. The molecule has 1 aromatic rings. The minimum atomic E-state index is -0.557. The Balaban J connectivity index is 0.00000121. The third kappa shape index (κ3) is 4.75. The third-order valence-corrected chi connectivity index (χ3v) is 2.63. The number of carbonyl (C=O) groups excluding carboxylic acids is 1. The second-order valence-electron chi connectivity index (χ2n) is 4.15. The minimum absolute atomic E-state index is 0.198. The van der Waals surface area contributed by atoms with Crippen molar-refractivity contribution in [3.63, 3.8) is 0 Å². The van der Waals surface area contributed by atoms with E-state index >= 15 is 0 Å². The molecule has 0 aromatic carbocycles. The third-order valence-electron chi connectivity index (χ3n) is 1.64. The first-order chi connectivity index (χ1) is 7.85. The summed E-state index contributed by atoms with van der Waals surface area (Å²) >= 11 is 1.25. The number of nitrogen functional groups attached to an aromatic ring is 1. The van der Waals surface area contributed by atoms with Gasteiger partial charge in [0.25, 0.3) is 0 Å². The van der Waals surface area contributed by atoms with E-state index in [9.17, 15) is 4.79 Å². The molecule has 0 fully saturated rings. The average Bonchev–Trinajstić information content (AvgIpc) is 2.60. The number of anilines is 1. The maximum Gasteiger partial charge on any atom is 0.341 e. The zero-order chi connectivity index (χ0) is 13.6. The summed E-state index contributed by atoms with van der Waals surface area (Å²) in [7, 11) is 0. The highest BCUT2D eigenvalue weighted by molar-refractivity contribution is 7.10. The minimum Gasteiger partial charge on any atom is -0.456 e. The topological polar surface area (TPSA) is 72.5 Å². The Hall–Kier alpha value is -1.07. The van der Waals surface area contributed by atoms with E-state index in [1.807, 2.05) is 13.8 Å². The summed E-state index contributed by atoms with van der Waals surface area (Å²) in [5, 5.41) is 10.7. The molecule has 0 unspecified atom stereocenters. The van der Waals surface area contributed by atoms with Crippen molar-refractivity contribution < 1.29 is 14.6 Å². The molecule has 0 spiro atoms. The number of ether oxygens (including phenoxy) is 1. The number of esters is 1. The van der Waals surface area contributed by atoms with Crippen molar-refractivity contribution in [1.82, 2.24) is 0 Å². The van der Waals surface area contributed by atoms with Crippen LogP contribution in [0.5, 0.6) is 0 Å². The molecule has 1 rings (SSSR count). The van der Waals surface area contributed by atoms with Crippen molar-refractivity contribution in [3.05, 3.63) is 15.8 Å². The number of carbonyl (C=O) groups is 1. The molecule has 3 N–H and O–H groups in total. The smallest absolute Gasteiger partial charge is 0.341 e. The second kappa shape index (κ2) is 6.61. The standard InChI is InChI=1S/C10H15NO3S.C2H6/c1-10(2,3)14-9(13)8-6(11)5-15-7(8)4-12;1-2/h5,12H,4,11H2,1-3H3;1-2H3. The quantitative estimate of drug-likeness (QED) is 0.801. The molecule has 0 amide bonds. The summed E-state index contributed by atoms with van der Waals surface area (Å²) in [6.07, 6.45) is 0. The number of nitrogens with two attached hydrogens (primary N) is 1. The van der Waals surface area contributed by atoms with Gasteiger partial charge in [0.05, 0.1) is 17.9 Å². The molecule has 0 saturated carbocycles. The van der Waals surface area contributed by atoms with Gasteiger partial charge in [-0.3, -0.25) is 0 Å². The highest BCUT2D eigenvalue weighted by Gasteiger charge is 2.23. The average molecular weight is 259 g/mol. The zero-order valence-electron chi connectivity index (χ0n) is 11.0. The summed E-state index contributed by atoms with van der Waals surface area (Å²) in [5.41, 5.74) is 5.73. The van der Waals surface area contributed by atoms with Crippen LogP contribution >= 0.6 is 11.3 Å². The van der Waals surface area contributed by atoms with Gasteiger partial charge in [0.2, 0.25) is 0 Å². The Bertz CT molecular complexity index is 366. The van der Waals surface area contributed by atoms with Crippen molar-refractivity contribution in [2.75, 3.05) is 5.73 Å². The molecular weight excluding hydrogens is 238 g/mol. The normalized spacial score (nSPS) is 10.5. The molecular formula is C12H21NO3S. The van der Waals surface area contributed by atoms with Gasteiger partial charge in [0.1, 0.15) is 5.60 Å². The van der Waals surface area contributed by atoms with Crippen LogP contribution in [0, 0.1) is 0 Å². The monoisotopic (exact) mass is 259 g/mol. The predicted molar refractivity (Wildman–Crippen MR) is 71.2 cm³/mol. The maximum atomic E-state index is 11.7. The second-order valence-corrected chi connectivity index (χ2v) is 5.11. The van der Waals surface area contributed by atoms with Crippen LogP contribution in [0.25, 0.3) is 0 Å². The van der Waals surface area contributed by atoms with Gasteiger partial charge in [-0.05, 0) is 20.8 Å². The maximum absolute atomic E-state index is 11.7. The van der Waals surface area contributed by atoms with Crippen molar-refractivity contribution in [2.45, 2.75) is 46.8 Å². The lowest BCUT2D eigenvalue weighted by Crippen LogP contribution is -2.24. The zero-order valence-corrected chi connectivity index (χ0v) is 11.9. The van der Waals surface area contributed by atoms with Crippen LogP contribution in [0.1, 0.15) is 49.9 Å². The number of thiophene rings is 1. The van der Waals surface area contributed by atoms with Gasteiger partial charge in [0.15, 0.2) is 0 Å². The van der Waals surface area contributed by atoms with Crippen LogP contribution in [0.15, 0.2) is 5.38 Å². The van der Waals surface area contributed by atoms with Crippen molar-refractivity contribution in [2.24, 2.45) is 0 Å². The first-order valence-corrected chi connectivity index (χ1v) is 6.43. The molecule has 17 heavy (non-hydrogen) atoms. The fourth-order valence-electron chi connectivity index (χ4n) is 1.09. The summed E-state index contributed by atoms with van der Waals surface area (Å²) in [4.78, 5) is 12.3. The van der Waals surface area contributed by atoms with Gasteiger partial charge in [-0.2, -0.15) is 0 Å². The van der Waals surface area contributed by atoms with Crippen LogP contribution in [-0.4, -0.2) is 16.7 Å². The highest BCUT2D eigenvalue weighted by atomic mass is 32.1. The van der Waals surface area contributed by atoms with Crippen LogP contribution in [0.3, 0.4) is 0 Å². The van der Waals surface area contributed by atoms with E-state index < -0.39 is 11.6 Å². The molecule has 0 aliphatic carbocycles. The van der Waals surface area contributed by atoms with E-state index in [1.165, 1.54) is 11.3 Å². The Morgan fingerprint density at radius 3 is 2.41 bits per heavy atom. The van der Waals surface area contributed by atoms with Crippen LogP contribution in [0.2, 0.25) is 0 Å². The number of aliphatic hydroxyl groups excluding tert-OH is 1. The molecule has 0 aliphatic heterocycles. The van der Waals surface area contributed by atoms with Gasteiger partial charge in [-0.1, -0.05) is 13.8 Å². The van der Waals surface area contributed by atoms with E-state index in [0.717, 1.165) is 0 Å². The Labute approximate surface area is 106 Å². The lowest BCUT2D eigenvalue weighted by Gasteiger charge is -2.19. The summed E-state index contributed by atoms with van der Waals surface area (Å²) in [6.45, 7) is 9.15. The molecule has 0 aliphatic rings. The first kappa shape index (κ1) is 15.9. The molecule has 5 heteroatoms. The van der Waals surface area contributed by atoms with E-state index in [4.69, 9.17) is 15.6 Å². The number of rotatable bonds is 2. The summed E-state index contributed by atoms with van der Waals surface area (Å²) in [6, 6.07) is 0. The number of aliphatic hydroxyl groups is 1. The van der Waals surface area contributed by atoms with E-state index in [1.54, 1.807) is 26.2 Å². The first-order valence-electron chi connectivity index (χ1n) is 5.55. The SMILES string of the molecule is CC.CC(C)(C)OC(=O)c1c(N)csc1CO. The molecule has 1 heterocycles. The van der Waals surface area contributed by atoms with Crippen LogP contribution in [0.4, 0.5) is 5.69 Å². The lowest BCUT2D eigenvalue weighted by molar-refractivity contribution is 0.00687. The fourth-order valence-corrected chi connectivity index (χ4v) is 1.87. The Morgan fingerprint density at radius 1 is 1.47 bits per heavy atom. The number of hydrogen-bond donors (Lipinski definition) is 2.